The zero-order chi connectivity index (χ0) is 16.8. The van der Waals surface area contributed by atoms with Gasteiger partial charge < -0.3 is 15.4 Å². The molecule has 0 spiro atoms. The number of anilines is 2. The van der Waals surface area contributed by atoms with E-state index in [-0.39, 0.29) is 12.1 Å². The molecule has 9 heteroatoms. The van der Waals surface area contributed by atoms with E-state index in [1.54, 1.807) is 41.3 Å². The predicted molar refractivity (Wildman–Crippen MR) is 86.8 cm³/mol. The molecule has 0 unspecified atom stereocenters. The number of ether oxygens (including phenoxy) is 1. The Kier molecular flexibility index (Phi) is 4.90. The van der Waals surface area contributed by atoms with Gasteiger partial charge in [0.25, 0.3) is 0 Å². The summed E-state index contributed by atoms with van der Waals surface area (Å²) in [5.41, 5.74) is 1.31. The number of urea groups is 1. The number of amides is 3. The van der Waals surface area contributed by atoms with Crippen molar-refractivity contribution in [3.05, 3.63) is 36.7 Å². The monoisotopic (exact) mass is 330 g/mol. The molecule has 1 aromatic heterocycles. The normalized spacial score (nSPS) is 13.7. The van der Waals surface area contributed by atoms with Crippen LogP contribution in [0.1, 0.15) is 6.42 Å². The van der Waals surface area contributed by atoms with Gasteiger partial charge in [-0.25, -0.2) is 9.59 Å². The molecule has 3 amide bonds. The summed E-state index contributed by atoms with van der Waals surface area (Å²) in [6.07, 6.45) is 3.76. The summed E-state index contributed by atoms with van der Waals surface area (Å²) in [6, 6.07) is 6.78. The van der Waals surface area contributed by atoms with Crippen LogP contribution in [0.15, 0.2) is 36.7 Å². The average Bonchev–Trinajstić information content (AvgIpc) is 3.23. The minimum atomic E-state index is -0.371. The van der Waals surface area contributed by atoms with E-state index in [9.17, 15) is 9.59 Å². The van der Waals surface area contributed by atoms with Crippen LogP contribution in [0.25, 0.3) is 0 Å². The van der Waals surface area contributed by atoms with Crippen molar-refractivity contribution in [3.8, 4) is 0 Å². The highest BCUT2D eigenvalue weighted by Gasteiger charge is 2.23. The number of rotatable bonds is 6. The molecule has 24 heavy (non-hydrogen) atoms. The standard InChI is InChI=1S/C15H18N6O3/c22-14(16-5-2-7-20-8-6-17-19-20)18-12-3-1-4-13(11-12)21-9-10-24-15(21)23/h1,3-4,6,8,11H,2,5,7,9-10H2,(H2,16,18,22). The number of carbonyl (C=O) groups is 2. The van der Waals surface area contributed by atoms with Gasteiger partial charge in [-0.3, -0.25) is 9.58 Å². The molecule has 1 aliphatic rings. The van der Waals surface area contributed by atoms with Crippen LogP contribution in [0, 0.1) is 0 Å². The van der Waals surface area contributed by atoms with Gasteiger partial charge in [-0.05, 0) is 24.6 Å². The number of hydrogen-bond donors (Lipinski definition) is 2. The lowest BCUT2D eigenvalue weighted by atomic mass is 10.2. The highest BCUT2D eigenvalue weighted by atomic mass is 16.6. The van der Waals surface area contributed by atoms with Crippen LogP contribution in [0.3, 0.4) is 0 Å². The summed E-state index contributed by atoms with van der Waals surface area (Å²) in [5.74, 6) is 0. The second kappa shape index (κ2) is 7.44. The Morgan fingerprint density at radius 1 is 1.38 bits per heavy atom. The fourth-order valence-electron chi connectivity index (χ4n) is 2.35. The quantitative estimate of drug-likeness (QED) is 0.781. The van der Waals surface area contributed by atoms with Crippen LogP contribution in [0.2, 0.25) is 0 Å². The maximum Gasteiger partial charge on any atom is 0.414 e. The highest BCUT2D eigenvalue weighted by Crippen LogP contribution is 2.22. The van der Waals surface area contributed by atoms with Crippen molar-refractivity contribution >= 4 is 23.5 Å². The number of hydrogen-bond acceptors (Lipinski definition) is 5. The number of nitrogens with zero attached hydrogens (tertiary/aromatic N) is 4. The molecule has 3 rings (SSSR count). The number of aromatic nitrogens is 3. The minimum absolute atomic E-state index is 0.297. The van der Waals surface area contributed by atoms with Gasteiger partial charge >= 0.3 is 12.1 Å². The summed E-state index contributed by atoms with van der Waals surface area (Å²) < 4.78 is 6.62. The van der Waals surface area contributed by atoms with E-state index in [2.05, 4.69) is 20.9 Å². The van der Waals surface area contributed by atoms with Crippen molar-refractivity contribution in [2.45, 2.75) is 13.0 Å². The molecule has 2 N–H and O–H groups in total. The van der Waals surface area contributed by atoms with E-state index in [1.807, 2.05) is 0 Å². The molecule has 1 aromatic carbocycles. The average molecular weight is 330 g/mol. The Morgan fingerprint density at radius 3 is 3.04 bits per heavy atom. The van der Waals surface area contributed by atoms with Gasteiger partial charge in [-0.15, -0.1) is 5.10 Å². The molecule has 2 heterocycles. The first-order valence-electron chi connectivity index (χ1n) is 7.66. The topological polar surface area (TPSA) is 101 Å². The first-order chi connectivity index (χ1) is 11.7. The molecule has 0 radical (unpaired) electrons. The summed E-state index contributed by atoms with van der Waals surface area (Å²) in [7, 11) is 0. The van der Waals surface area contributed by atoms with Crippen LogP contribution in [-0.2, 0) is 11.3 Å². The molecule has 0 saturated carbocycles. The van der Waals surface area contributed by atoms with Gasteiger partial charge in [0.2, 0.25) is 0 Å². The van der Waals surface area contributed by atoms with Crippen LogP contribution >= 0.6 is 0 Å². The molecule has 0 aliphatic carbocycles. The lowest BCUT2D eigenvalue weighted by molar-refractivity contribution is 0.181. The highest BCUT2D eigenvalue weighted by molar-refractivity contribution is 5.93. The SMILES string of the molecule is O=C(NCCCn1ccnn1)Nc1cccc(N2CCOC2=O)c1. The molecule has 0 atom stereocenters. The summed E-state index contributed by atoms with van der Waals surface area (Å²) in [6.45, 7) is 2.09. The molecule has 1 aliphatic heterocycles. The Balaban J connectivity index is 1.46. The van der Waals surface area contributed by atoms with E-state index in [0.717, 1.165) is 6.42 Å². The minimum Gasteiger partial charge on any atom is -0.447 e. The number of cyclic esters (lactones) is 1. The third-order valence-electron chi connectivity index (χ3n) is 3.50. The fourth-order valence-corrected chi connectivity index (χ4v) is 2.35. The van der Waals surface area contributed by atoms with Gasteiger partial charge in [0.1, 0.15) is 6.61 Å². The lowest BCUT2D eigenvalue weighted by Crippen LogP contribution is -2.30. The third kappa shape index (κ3) is 4.00. The van der Waals surface area contributed by atoms with Crippen molar-refractivity contribution in [3.63, 3.8) is 0 Å². The molecular formula is C15H18N6O3. The Morgan fingerprint density at radius 2 is 2.29 bits per heavy atom. The summed E-state index contributed by atoms with van der Waals surface area (Å²) in [4.78, 5) is 25.0. The third-order valence-corrected chi connectivity index (χ3v) is 3.50. The predicted octanol–water partition coefficient (Wildman–Crippen LogP) is 1.45. The number of carbonyl (C=O) groups excluding carboxylic acids is 2. The molecule has 1 fully saturated rings. The van der Waals surface area contributed by atoms with Crippen molar-refractivity contribution < 1.29 is 14.3 Å². The second-order valence-corrected chi connectivity index (χ2v) is 5.22. The molecule has 2 aromatic rings. The lowest BCUT2D eigenvalue weighted by Gasteiger charge is -2.14. The number of nitrogens with one attached hydrogen (secondary N) is 2. The van der Waals surface area contributed by atoms with E-state index in [4.69, 9.17) is 4.74 Å². The van der Waals surface area contributed by atoms with Gasteiger partial charge in [0, 0.05) is 30.7 Å². The molecule has 0 bridgehead atoms. The van der Waals surface area contributed by atoms with E-state index >= 15 is 0 Å². The van der Waals surface area contributed by atoms with Crippen molar-refractivity contribution in [2.75, 3.05) is 29.9 Å². The van der Waals surface area contributed by atoms with E-state index < -0.39 is 0 Å². The van der Waals surface area contributed by atoms with Crippen LogP contribution < -0.4 is 15.5 Å². The van der Waals surface area contributed by atoms with E-state index in [1.165, 1.54) is 4.90 Å². The first-order valence-corrected chi connectivity index (χ1v) is 7.66. The van der Waals surface area contributed by atoms with E-state index in [0.29, 0.717) is 37.6 Å². The first kappa shape index (κ1) is 15.8. The zero-order valence-corrected chi connectivity index (χ0v) is 13.0. The van der Waals surface area contributed by atoms with Crippen LogP contribution in [0.4, 0.5) is 21.0 Å². The zero-order valence-electron chi connectivity index (χ0n) is 13.0. The summed E-state index contributed by atoms with van der Waals surface area (Å²) in [5, 5.41) is 13.1. The Labute approximate surface area is 138 Å². The maximum atomic E-state index is 11.9. The number of benzene rings is 1. The largest absolute Gasteiger partial charge is 0.447 e. The Hall–Kier alpha value is -3.10. The second-order valence-electron chi connectivity index (χ2n) is 5.22. The number of aryl methyl sites for hydroxylation is 1. The Bertz CT molecular complexity index is 703. The van der Waals surface area contributed by atoms with Crippen molar-refractivity contribution in [2.24, 2.45) is 0 Å². The van der Waals surface area contributed by atoms with Crippen LogP contribution in [-0.4, -0.2) is 46.8 Å². The fraction of sp³-hybridized carbons (Fsp3) is 0.333. The molecule has 126 valence electrons. The van der Waals surface area contributed by atoms with Crippen molar-refractivity contribution in [1.82, 2.24) is 20.3 Å². The smallest absolute Gasteiger partial charge is 0.414 e. The van der Waals surface area contributed by atoms with Gasteiger partial charge in [-0.2, -0.15) is 0 Å². The van der Waals surface area contributed by atoms with Crippen LogP contribution in [0.5, 0.6) is 0 Å². The van der Waals surface area contributed by atoms with Gasteiger partial charge in [-0.1, -0.05) is 11.3 Å². The molecule has 1 saturated heterocycles. The summed E-state index contributed by atoms with van der Waals surface area (Å²) >= 11 is 0. The molecular weight excluding hydrogens is 312 g/mol. The molecule has 9 nitrogen and oxygen atoms in total. The van der Waals surface area contributed by atoms with Gasteiger partial charge in [0.05, 0.1) is 12.7 Å². The van der Waals surface area contributed by atoms with Gasteiger partial charge in [0.15, 0.2) is 0 Å². The van der Waals surface area contributed by atoms with Crippen molar-refractivity contribution in [1.29, 1.82) is 0 Å². The maximum absolute atomic E-state index is 11.9.